The summed E-state index contributed by atoms with van der Waals surface area (Å²) in [6, 6.07) is 3.44. The van der Waals surface area contributed by atoms with Gasteiger partial charge in [-0.25, -0.2) is 14.7 Å². The van der Waals surface area contributed by atoms with E-state index in [1.165, 1.54) is 22.2 Å². The highest BCUT2D eigenvalue weighted by Gasteiger charge is 2.24. The zero-order valence-corrected chi connectivity index (χ0v) is 18.6. The van der Waals surface area contributed by atoms with Crippen molar-refractivity contribution in [1.82, 2.24) is 14.8 Å². The number of nitrogens with zero attached hydrogens (tertiary/aromatic N) is 2. The van der Waals surface area contributed by atoms with Gasteiger partial charge in [-0.3, -0.25) is 9.36 Å². The van der Waals surface area contributed by atoms with E-state index in [-0.39, 0.29) is 29.5 Å². The zero-order chi connectivity index (χ0) is 22.2. The molecule has 2 N–H and O–H groups in total. The van der Waals surface area contributed by atoms with Crippen LogP contribution in [-0.4, -0.2) is 52.7 Å². The number of furan rings is 1. The van der Waals surface area contributed by atoms with Gasteiger partial charge >= 0.3 is 11.7 Å². The Morgan fingerprint density at radius 3 is 2.97 bits per heavy atom. The zero-order valence-electron chi connectivity index (χ0n) is 17.0. The summed E-state index contributed by atoms with van der Waals surface area (Å²) in [5.74, 6) is -0.379. The molecule has 0 aliphatic heterocycles. The summed E-state index contributed by atoms with van der Waals surface area (Å²) in [6.07, 6.45) is 2.15. The van der Waals surface area contributed by atoms with Crippen molar-refractivity contribution in [2.75, 3.05) is 31.4 Å². The summed E-state index contributed by atoms with van der Waals surface area (Å²) >= 11 is 2.33. The van der Waals surface area contributed by atoms with Crippen LogP contribution in [-0.2, 0) is 20.8 Å². The molecule has 3 aromatic rings. The Hall–Kier alpha value is -2.83. The summed E-state index contributed by atoms with van der Waals surface area (Å²) in [6.45, 7) is 2.85. The number of anilines is 1. The van der Waals surface area contributed by atoms with E-state index >= 15 is 0 Å². The number of thiophene rings is 1. The van der Waals surface area contributed by atoms with E-state index in [0.29, 0.717) is 41.1 Å². The minimum atomic E-state index is -0.544. The summed E-state index contributed by atoms with van der Waals surface area (Å²) in [5, 5.41) is 11.6. The van der Waals surface area contributed by atoms with Crippen molar-refractivity contribution in [2.24, 2.45) is 0 Å². The van der Waals surface area contributed by atoms with E-state index in [0.717, 1.165) is 11.8 Å². The second-order valence-electron chi connectivity index (χ2n) is 6.20. The van der Waals surface area contributed by atoms with Gasteiger partial charge in [-0.05, 0) is 25.5 Å². The molecular formula is C19H22N4O6S2. The molecule has 1 amide bonds. The van der Waals surface area contributed by atoms with Gasteiger partial charge in [0, 0.05) is 31.2 Å². The van der Waals surface area contributed by atoms with E-state index in [2.05, 4.69) is 15.5 Å². The van der Waals surface area contributed by atoms with Crippen molar-refractivity contribution in [3.05, 3.63) is 39.8 Å². The molecule has 166 valence electrons. The maximum atomic E-state index is 12.5. The molecule has 12 heteroatoms. The van der Waals surface area contributed by atoms with Crippen molar-refractivity contribution < 1.29 is 23.5 Å². The third-order valence-electron chi connectivity index (χ3n) is 4.10. The predicted octanol–water partition coefficient (Wildman–Crippen LogP) is 2.84. The molecule has 0 aromatic carbocycles. The van der Waals surface area contributed by atoms with Crippen molar-refractivity contribution in [3.63, 3.8) is 0 Å². The topological polar surface area (TPSA) is 128 Å². The summed E-state index contributed by atoms with van der Waals surface area (Å²) in [7, 11) is 1.59. The lowest BCUT2D eigenvalue weighted by Gasteiger charge is -2.08. The molecule has 0 atom stereocenters. The van der Waals surface area contributed by atoms with E-state index < -0.39 is 5.97 Å². The Morgan fingerprint density at radius 2 is 2.26 bits per heavy atom. The highest BCUT2D eigenvalue weighted by molar-refractivity contribution is 7.99. The molecule has 3 aromatic heterocycles. The van der Waals surface area contributed by atoms with Crippen molar-refractivity contribution in [3.8, 4) is 11.3 Å². The monoisotopic (exact) mass is 466 g/mol. The Labute approximate surface area is 185 Å². The van der Waals surface area contributed by atoms with Crippen LogP contribution in [0.4, 0.5) is 5.00 Å². The number of rotatable bonds is 11. The smallest absolute Gasteiger partial charge is 0.343 e. The molecule has 0 unspecified atom stereocenters. The number of thioether (sulfide) groups is 1. The number of amides is 1. The summed E-state index contributed by atoms with van der Waals surface area (Å²) in [4.78, 5) is 36.9. The van der Waals surface area contributed by atoms with Gasteiger partial charge in [0.1, 0.15) is 16.3 Å². The van der Waals surface area contributed by atoms with Crippen LogP contribution < -0.4 is 11.0 Å². The molecule has 0 aliphatic rings. The normalized spacial score (nSPS) is 10.9. The van der Waals surface area contributed by atoms with E-state index in [4.69, 9.17) is 13.9 Å². The molecule has 10 nitrogen and oxygen atoms in total. The first kappa shape index (κ1) is 22.8. The number of carbonyl (C=O) groups excluding carboxylic acids is 2. The lowest BCUT2D eigenvalue weighted by molar-refractivity contribution is -0.113. The predicted molar refractivity (Wildman–Crippen MR) is 117 cm³/mol. The van der Waals surface area contributed by atoms with Crippen LogP contribution in [0.15, 0.2) is 38.1 Å². The van der Waals surface area contributed by atoms with Crippen molar-refractivity contribution in [1.29, 1.82) is 0 Å². The van der Waals surface area contributed by atoms with Gasteiger partial charge in [-0.2, -0.15) is 0 Å². The molecule has 0 bridgehead atoms. The maximum Gasteiger partial charge on any atom is 0.343 e. The molecule has 0 radical (unpaired) electrons. The number of carbonyl (C=O) groups is 2. The number of nitrogens with one attached hydrogen (secondary N) is 2. The number of esters is 1. The average molecular weight is 467 g/mol. The summed E-state index contributed by atoms with van der Waals surface area (Å²) < 4.78 is 17.0. The molecule has 0 saturated heterocycles. The largest absolute Gasteiger partial charge is 0.464 e. The van der Waals surface area contributed by atoms with E-state index in [1.54, 1.807) is 31.5 Å². The first-order chi connectivity index (χ1) is 15.0. The third kappa shape index (κ3) is 5.66. The number of H-pyrrole nitrogens is 1. The Bertz CT molecular complexity index is 1070. The van der Waals surface area contributed by atoms with E-state index in [1.807, 2.05) is 0 Å². The second-order valence-corrected chi connectivity index (χ2v) is 8.02. The molecule has 0 aliphatic carbocycles. The first-order valence-corrected chi connectivity index (χ1v) is 11.3. The van der Waals surface area contributed by atoms with Crippen LogP contribution in [0, 0.1) is 0 Å². The fraction of sp³-hybridized carbons (Fsp3) is 0.368. The molecule has 0 saturated carbocycles. The Morgan fingerprint density at radius 1 is 1.42 bits per heavy atom. The number of methoxy groups -OCH3 is 1. The lowest BCUT2D eigenvalue weighted by Crippen LogP contribution is -2.20. The van der Waals surface area contributed by atoms with Crippen LogP contribution >= 0.6 is 23.1 Å². The quantitative estimate of drug-likeness (QED) is 0.251. The van der Waals surface area contributed by atoms with Gasteiger partial charge in [0.2, 0.25) is 5.91 Å². The van der Waals surface area contributed by atoms with Crippen LogP contribution in [0.1, 0.15) is 23.7 Å². The van der Waals surface area contributed by atoms with Crippen LogP contribution in [0.25, 0.3) is 11.3 Å². The third-order valence-corrected chi connectivity index (χ3v) is 5.97. The van der Waals surface area contributed by atoms with Crippen LogP contribution in [0.5, 0.6) is 0 Å². The maximum absolute atomic E-state index is 12.5. The van der Waals surface area contributed by atoms with Gasteiger partial charge < -0.3 is 19.2 Å². The SMILES string of the molecule is CCOC(=O)c1c(-c2ccco2)csc1NC(=O)CSc1n[nH]c(=O)n1CCCOC. The molecule has 0 fully saturated rings. The van der Waals surface area contributed by atoms with E-state index in [9.17, 15) is 14.4 Å². The minimum Gasteiger partial charge on any atom is -0.464 e. The van der Waals surface area contributed by atoms with Crippen molar-refractivity contribution >= 4 is 40.0 Å². The van der Waals surface area contributed by atoms with Gasteiger partial charge in [0.15, 0.2) is 5.16 Å². The lowest BCUT2D eigenvalue weighted by atomic mass is 10.1. The number of hydrogen-bond donors (Lipinski definition) is 2. The number of ether oxygens (including phenoxy) is 2. The fourth-order valence-electron chi connectivity index (χ4n) is 2.74. The van der Waals surface area contributed by atoms with Crippen molar-refractivity contribution in [2.45, 2.75) is 25.0 Å². The molecule has 3 heterocycles. The molecule has 0 spiro atoms. The highest BCUT2D eigenvalue weighted by Crippen LogP contribution is 2.36. The molecule has 3 rings (SSSR count). The number of hydrogen-bond acceptors (Lipinski definition) is 9. The standard InChI is InChI=1S/C19H22N4O6S2/c1-3-28-17(25)15-12(13-6-4-9-29-13)10-30-16(15)20-14(24)11-31-19-22-21-18(26)23(19)7-5-8-27-2/h4,6,9-10H,3,5,7-8,11H2,1-2H3,(H,20,24)(H,21,26). The van der Waals surface area contributed by atoms with Crippen LogP contribution in [0.3, 0.4) is 0 Å². The van der Waals surface area contributed by atoms with Gasteiger partial charge in [0.05, 0.1) is 18.6 Å². The van der Waals surface area contributed by atoms with Gasteiger partial charge in [0.25, 0.3) is 0 Å². The first-order valence-electron chi connectivity index (χ1n) is 9.44. The average Bonchev–Trinajstić information content (AvgIpc) is 3.48. The van der Waals surface area contributed by atoms with Gasteiger partial charge in [-0.1, -0.05) is 11.8 Å². The Balaban J connectivity index is 1.70. The fourth-order valence-corrected chi connectivity index (χ4v) is 4.47. The summed E-state index contributed by atoms with van der Waals surface area (Å²) in [5.41, 5.74) is 0.456. The molecular weight excluding hydrogens is 444 g/mol. The number of aromatic nitrogens is 3. The Kier molecular flexibility index (Phi) is 8.09. The number of aromatic amines is 1. The molecule has 31 heavy (non-hydrogen) atoms. The second kappa shape index (κ2) is 11.0. The van der Waals surface area contributed by atoms with Gasteiger partial charge in [-0.15, -0.1) is 16.4 Å². The van der Waals surface area contributed by atoms with Crippen LogP contribution in [0.2, 0.25) is 0 Å². The minimum absolute atomic E-state index is 0.00478. The highest BCUT2D eigenvalue weighted by atomic mass is 32.2.